The molecular weight excluding hydrogens is 248 g/mol. The molecule has 0 bridgehead atoms. The Morgan fingerprint density at radius 2 is 2.06 bits per heavy atom. The van der Waals surface area contributed by atoms with Crippen LogP contribution < -0.4 is 0 Å². The Bertz CT molecular complexity index is 689. The maximum Gasteiger partial charge on any atom is 0.154 e. The van der Waals surface area contributed by atoms with E-state index in [0.29, 0.717) is 5.92 Å². The van der Waals surface area contributed by atoms with E-state index in [1.807, 2.05) is 10.9 Å². The number of hydrogen-bond donors (Lipinski definition) is 0. The molecule has 18 heavy (non-hydrogen) atoms. The van der Waals surface area contributed by atoms with Gasteiger partial charge in [-0.1, -0.05) is 26.0 Å². The molecule has 2 aromatic rings. The summed E-state index contributed by atoms with van der Waals surface area (Å²) < 4.78 is 24.4. The van der Waals surface area contributed by atoms with Crippen LogP contribution >= 0.6 is 0 Å². The lowest BCUT2D eigenvalue weighted by molar-refractivity contribution is 0.484. The molecule has 0 radical (unpaired) electrons. The number of hydrogen-bond acceptors (Lipinski definition) is 3. The molecule has 4 nitrogen and oxygen atoms in total. The van der Waals surface area contributed by atoms with E-state index in [4.69, 9.17) is 0 Å². The third-order valence-corrected chi connectivity index (χ3v) is 5.31. The van der Waals surface area contributed by atoms with E-state index >= 15 is 0 Å². The van der Waals surface area contributed by atoms with Crippen LogP contribution in [0, 0.1) is 0 Å². The van der Waals surface area contributed by atoms with Crippen molar-refractivity contribution < 1.29 is 8.42 Å². The Kier molecular flexibility index (Phi) is 2.48. The number of rotatable bonds is 2. The maximum atomic E-state index is 11.3. The second-order valence-corrected chi connectivity index (χ2v) is 7.45. The van der Waals surface area contributed by atoms with Crippen molar-refractivity contribution in [2.45, 2.75) is 25.8 Å². The van der Waals surface area contributed by atoms with E-state index in [9.17, 15) is 8.42 Å². The molecule has 1 aliphatic rings. The molecule has 2 heterocycles. The zero-order valence-electron chi connectivity index (χ0n) is 10.5. The predicted molar refractivity (Wildman–Crippen MR) is 71.5 cm³/mol. The monoisotopic (exact) mass is 264 g/mol. The first-order chi connectivity index (χ1) is 8.46. The predicted octanol–water partition coefficient (Wildman–Crippen LogP) is 2.13. The van der Waals surface area contributed by atoms with Gasteiger partial charge in [-0.25, -0.2) is 8.42 Å². The van der Waals surface area contributed by atoms with Crippen LogP contribution in [0.3, 0.4) is 0 Å². The van der Waals surface area contributed by atoms with Crippen LogP contribution in [0.4, 0.5) is 0 Å². The molecular formula is C13H16N2O2S. The van der Waals surface area contributed by atoms with Gasteiger partial charge in [0.1, 0.15) is 0 Å². The quantitative estimate of drug-likeness (QED) is 0.835. The first-order valence-electron chi connectivity index (χ1n) is 6.14. The smallest absolute Gasteiger partial charge is 0.154 e. The first kappa shape index (κ1) is 11.7. The van der Waals surface area contributed by atoms with Gasteiger partial charge in [0.15, 0.2) is 9.84 Å². The van der Waals surface area contributed by atoms with Gasteiger partial charge in [-0.05, 0) is 17.5 Å². The normalized spacial score (nSPS) is 19.3. The molecule has 3 rings (SSSR count). The lowest BCUT2D eigenvalue weighted by Gasteiger charge is -2.26. The highest BCUT2D eigenvalue weighted by atomic mass is 32.2. The zero-order valence-corrected chi connectivity index (χ0v) is 11.3. The van der Waals surface area contributed by atoms with Crippen molar-refractivity contribution >= 4 is 20.7 Å². The van der Waals surface area contributed by atoms with Crippen LogP contribution in [0.15, 0.2) is 24.4 Å². The lowest BCUT2D eigenvalue weighted by atomic mass is 10.0. The van der Waals surface area contributed by atoms with Crippen molar-refractivity contribution in [3.8, 4) is 0 Å². The molecule has 0 amide bonds. The van der Waals surface area contributed by atoms with E-state index in [1.165, 1.54) is 5.56 Å². The van der Waals surface area contributed by atoms with Crippen LogP contribution in [0.25, 0.3) is 10.9 Å². The number of aromatic nitrogens is 2. The average Bonchev–Trinajstić information content (AvgIpc) is 2.67. The fourth-order valence-electron chi connectivity index (χ4n) is 2.38. The summed E-state index contributed by atoms with van der Waals surface area (Å²) in [5, 5.41) is 5.41. The Morgan fingerprint density at radius 1 is 1.33 bits per heavy atom. The molecule has 1 aromatic heterocycles. The van der Waals surface area contributed by atoms with E-state index < -0.39 is 9.84 Å². The van der Waals surface area contributed by atoms with Gasteiger partial charge < -0.3 is 0 Å². The molecule has 0 atom stereocenters. The third kappa shape index (κ3) is 1.82. The number of fused-ring (bicyclic) bond motifs is 1. The van der Waals surface area contributed by atoms with E-state index in [0.717, 1.165) is 10.9 Å². The van der Waals surface area contributed by atoms with Gasteiger partial charge in [-0.2, -0.15) is 5.10 Å². The molecule has 1 saturated heterocycles. The van der Waals surface area contributed by atoms with Crippen molar-refractivity contribution in [2.24, 2.45) is 0 Å². The summed E-state index contributed by atoms with van der Waals surface area (Å²) in [6.07, 6.45) is 1.81. The topological polar surface area (TPSA) is 52.0 Å². The average molecular weight is 264 g/mol. The Labute approximate surface area is 107 Å². The molecule has 0 spiro atoms. The molecule has 1 aromatic carbocycles. The molecule has 0 N–H and O–H groups in total. The summed E-state index contributed by atoms with van der Waals surface area (Å²) in [5.41, 5.74) is 2.30. The van der Waals surface area contributed by atoms with Crippen LogP contribution in [0.1, 0.15) is 31.4 Å². The molecule has 0 aliphatic carbocycles. The Morgan fingerprint density at radius 3 is 2.67 bits per heavy atom. The van der Waals surface area contributed by atoms with E-state index in [1.54, 1.807) is 0 Å². The summed E-state index contributed by atoms with van der Waals surface area (Å²) >= 11 is 0. The highest BCUT2D eigenvalue weighted by molar-refractivity contribution is 7.92. The summed E-state index contributed by atoms with van der Waals surface area (Å²) in [6.45, 7) is 4.30. The van der Waals surface area contributed by atoms with E-state index in [-0.39, 0.29) is 17.5 Å². The van der Waals surface area contributed by atoms with Gasteiger partial charge in [-0.15, -0.1) is 0 Å². The van der Waals surface area contributed by atoms with Crippen LogP contribution in [0.5, 0.6) is 0 Å². The van der Waals surface area contributed by atoms with Gasteiger partial charge >= 0.3 is 0 Å². The highest BCUT2D eigenvalue weighted by Gasteiger charge is 2.35. The summed E-state index contributed by atoms with van der Waals surface area (Å²) in [6, 6.07) is 6.30. The van der Waals surface area contributed by atoms with Crippen LogP contribution in [0.2, 0.25) is 0 Å². The van der Waals surface area contributed by atoms with Crippen molar-refractivity contribution in [2.75, 3.05) is 11.5 Å². The van der Waals surface area contributed by atoms with Gasteiger partial charge in [0.2, 0.25) is 0 Å². The van der Waals surface area contributed by atoms with Crippen molar-refractivity contribution in [3.63, 3.8) is 0 Å². The minimum absolute atomic E-state index is 0.00918. The minimum Gasteiger partial charge on any atom is -0.260 e. The second-order valence-electron chi connectivity index (χ2n) is 5.29. The third-order valence-electron chi connectivity index (χ3n) is 3.53. The zero-order chi connectivity index (χ0) is 12.9. The Hall–Kier alpha value is -1.36. The lowest BCUT2D eigenvalue weighted by Crippen LogP contribution is -2.38. The Balaban J connectivity index is 2.05. The molecule has 0 unspecified atom stereocenters. The SMILES string of the molecule is CC(C)c1ccc2cnn(C3CS(=O)(=O)C3)c2c1. The molecule has 5 heteroatoms. The minimum atomic E-state index is -2.81. The van der Waals surface area contributed by atoms with E-state index in [2.05, 4.69) is 37.1 Å². The van der Waals surface area contributed by atoms with Crippen molar-refractivity contribution in [1.82, 2.24) is 9.78 Å². The number of benzene rings is 1. The largest absolute Gasteiger partial charge is 0.260 e. The summed E-state index contributed by atoms with van der Waals surface area (Å²) in [5.74, 6) is 0.897. The van der Waals surface area contributed by atoms with Crippen LogP contribution in [-0.2, 0) is 9.84 Å². The first-order valence-corrected chi connectivity index (χ1v) is 7.96. The highest BCUT2D eigenvalue weighted by Crippen LogP contribution is 2.28. The summed E-state index contributed by atoms with van der Waals surface area (Å²) in [7, 11) is -2.81. The fraction of sp³-hybridized carbons (Fsp3) is 0.462. The molecule has 0 saturated carbocycles. The van der Waals surface area contributed by atoms with Crippen LogP contribution in [-0.4, -0.2) is 29.7 Å². The molecule has 1 aliphatic heterocycles. The summed E-state index contributed by atoms with van der Waals surface area (Å²) in [4.78, 5) is 0. The van der Waals surface area contributed by atoms with Crippen molar-refractivity contribution in [1.29, 1.82) is 0 Å². The fourth-order valence-corrected chi connectivity index (χ4v) is 3.74. The molecule has 96 valence electrons. The van der Waals surface area contributed by atoms with Gasteiger partial charge in [0.05, 0.1) is 29.3 Å². The van der Waals surface area contributed by atoms with Crippen molar-refractivity contribution in [3.05, 3.63) is 30.0 Å². The second kappa shape index (κ2) is 3.82. The van der Waals surface area contributed by atoms with Gasteiger partial charge in [0, 0.05) is 5.39 Å². The number of sulfone groups is 1. The number of nitrogens with zero attached hydrogens (tertiary/aromatic N) is 2. The van der Waals surface area contributed by atoms with Gasteiger partial charge in [-0.3, -0.25) is 4.68 Å². The standard InChI is InChI=1S/C13H16N2O2S/c1-9(2)10-3-4-11-6-14-15(13(11)5-10)12-7-18(16,17)8-12/h3-6,9,12H,7-8H2,1-2H3. The maximum absolute atomic E-state index is 11.3. The molecule has 1 fully saturated rings. The van der Waals surface area contributed by atoms with Gasteiger partial charge in [0.25, 0.3) is 0 Å².